The van der Waals surface area contributed by atoms with Gasteiger partial charge in [-0.3, -0.25) is 4.98 Å². The van der Waals surface area contributed by atoms with Crippen molar-refractivity contribution in [2.24, 2.45) is 0 Å². The van der Waals surface area contributed by atoms with Gasteiger partial charge in [0, 0.05) is 41.7 Å². The van der Waals surface area contributed by atoms with Crippen molar-refractivity contribution >= 4 is 38.7 Å². The zero-order valence-electron chi connectivity index (χ0n) is 17.2. The van der Waals surface area contributed by atoms with Gasteiger partial charge in [0.1, 0.15) is 0 Å². The predicted octanol–water partition coefficient (Wildman–Crippen LogP) is 5.89. The lowest BCUT2D eigenvalue weighted by molar-refractivity contribution is 0.316. The summed E-state index contributed by atoms with van der Waals surface area (Å²) in [7, 11) is 0. The van der Waals surface area contributed by atoms with E-state index in [1.54, 1.807) is 0 Å². The number of hydrogen-bond donors (Lipinski definition) is 2. The molecule has 1 heterocycles. The summed E-state index contributed by atoms with van der Waals surface area (Å²) < 4.78 is 0. The molecule has 0 bridgehead atoms. The lowest BCUT2D eigenvalue weighted by Crippen LogP contribution is -2.28. The summed E-state index contributed by atoms with van der Waals surface area (Å²) in [5.41, 5.74) is 4.29. The van der Waals surface area contributed by atoms with E-state index in [-0.39, 0.29) is 0 Å². The zero-order valence-corrected chi connectivity index (χ0v) is 17.2. The van der Waals surface area contributed by atoms with E-state index in [1.165, 1.54) is 10.8 Å². The van der Waals surface area contributed by atoms with Gasteiger partial charge < -0.3 is 15.5 Å². The predicted molar refractivity (Wildman–Crippen MR) is 125 cm³/mol. The maximum Gasteiger partial charge on any atom is 0.0729 e. The van der Waals surface area contributed by atoms with Crippen molar-refractivity contribution in [2.45, 2.75) is 13.8 Å². The molecule has 4 nitrogen and oxygen atoms in total. The number of nitrogens with one attached hydrogen (secondary N) is 2. The molecule has 29 heavy (non-hydrogen) atoms. The number of fused-ring (bicyclic) bond motifs is 2. The quantitative estimate of drug-likeness (QED) is 0.372. The third kappa shape index (κ3) is 4.49. The van der Waals surface area contributed by atoms with Crippen LogP contribution in [-0.2, 0) is 0 Å². The Kier molecular flexibility index (Phi) is 5.92. The third-order valence-corrected chi connectivity index (χ3v) is 5.42. The molecule has 0 spiro atoms. The molecule has 3 aromatic carbocycles. The molecule has 0 radical (unpaired) electrons. The molecule has 0 aliphatic rings. The van der Waals surface area contributed by atoms with Crippen molar-refractivity contribution in [3.63, 3.8) is 0 Å². The number of likely N-dealkylation sites (N-methyl/N-ethyl adjacent to an activating group) is 1. The second-order valence-electron chi connectivity index (χ2n) is 7.23. The van der Waals surface area contributed by atoms with E-state index in [9.17, 15) is 0 Å². The van der Waals surface area contributed by atoms with Crippen LogP contribution in [0.5, 0.6) is 0 Å². The fraction of sp³-hybridized carbons (Fsp3) is 0.240. The van der Waals surface area contributed by atoms with Crippen LogP contribution in [0.15, 0.2) is 72.9 Å². The van der Waals surface area contributed by atoms with Crippen LogP contribution in [-0.4, -0.2) is 36.1 Å². The molecule has 4 rings (SSSR count). The highest BCUT2D eigenvalue weighted by Gasteiger charge is 2.05. The Morgan fingerprint density at radius 3 is 2.24 bits per heavy atom. The van der Waals surface area contributed by atoms with Gasteiger partial charge in [-0.1, -0.05) is 38.1 Å². The molecule has 0 aliphatic carbocycles. The van der Waals surface area contributed by atoms with Gasteiger partial charge in [-0.25, -0.2) is 0 Å². The summed E-state index contributed by atoms with van der Waals surface area (Å²) in [6.45, 7) is 8.61. The normalized spacial score (nSPS) is 11.3. The number of aromatic nitrogens is 1. The first-order chi connectivity index (χ1) is 14.3. The van der Waals surface area contributed by atoms with Crippen LogP contribution in [0, 0.1) is 0 Å². The Balaban J connectivity index is 1.49. The summed E-state index contributed by atoms with van der Waals surface area (Å²) in [6.07, 6.45) is 1.86. The number of rotatable bonds is 8. The molecular formula is C25H28N4. The lowest BCUT2D eigenvalue weighted by Gasteiger charge is -2.18. The number of hydrogen-bond acceptors (Lipinski definition) is 4. The maximum atomic E-state index is 4.56. The largest absolute Gasteiger partial charge is 0.384 e. The third-order valence-electron chi connectivity index (χ3n) is 5.42. The molecule has 0 unspecified atom stereocenters. The first-order valence-electron chi connectivity index (χ1n) is 10.4. The second-order valence-corrected chi connectivity index (χ2v) is 7.23. The van der Waals surface area contributed by atoms with Crippen LogP contribution in [0.4, 0.5) is 17.1 Å². The minimum atomic E-state index is 0.955. The van der Waals surface area contributed by atoms with Crippen LogP contribution in [0.1, 0.15) is 13.8 Å². The summed E-state index contributed by atoms with van der Waals surface area (Å²) in [4.78, 5) is 6.97. The van der Waals surface area contributed by atoms with Crippen LogP contribution < -0.4 is 10.6 Å². The summed E-state index contributed by atoms with van der Waals surface area (Å²) in [5.74, 6) is 0. The molecule has 4 aromatic rings. The standard InChI is InChI=1S/C25H28N4/c1-3-29(4-2)16-15-26-21-9-11-22(12-10-21)28-24-13-14-27-25-18-20-8-6-5-7-19(20)17-23(24)25/h5-14,17-18,26H,3-4,15-16H2,1-2H3,(H,27,28). The monoisotopic (exact) mass is 384 g/mol. The summed E-state index contributed by atoms with van der Waals surface area (Å²) >= 11 is 0. The van der Waals surface area contributed by atoms with Gasteiger partial charge in [0.05, 0.1) is 5.52 Å². The van der Waals surface area contributed by atoms with Crippen LogP contribution in [0.2, 0.25) is 0 Å². The van der Waals surface area contributed by atoms with Gasteiger partial charge in [0.15, 0.2) is 0 Å². The van der Waals surface area contributed by atoms with E-state index in [2.05, 4.69) is 95.0 Å². The second kappa shape index (κ2) is 8.93. The molecule has 0 saturated heterocycles. The Bertz CT molecular complexity index is 1080. The number of benzene rings is 3. The average molecular weight is 385 g/mol. The van der Waals surface area contributed by atoms with Crippen molar-refractivity contribution in [3.05, 3.63) is 72.9 Å². The Morgan fingerprint density at radius 2 is 1.52 bits per heavy atom. The van der Waals surface area contributed by atoms with Gasteiger partial charge in [-0.15, -0.1) is 0 Å². The van der Waals surface area contributed by atoms with E-state index in [0.29, 0.717) is 0 Å². The molecule has 2 N–H and O–H groups in total. The number of nitrogens with zero attached hydrogens (tertiary/aromatic N) is 2. The summed E-state index contributed by atoms with van der Waals surface area (Å²) in [6, 6.07) is 23.3. The van der Waals surface area contributed by atoms with Crippen LogP contribution in [0.25, 0.3) is 21.7 Å². The van der Waals surface area contributed by atoms with Gasteiger partial charge in [0.2, 0.25) is 0 Å². The molecule has 0 fully saturated rings. The maximum absolute atomic E-state index is 4.56. The van der Waals surface area contributed by atoms with Crippen molar-refractivity contribution in [3.8, 4) is 0 Å². The van der Waals surface area contributed by atoms with Crippen molar-refractivity contribution in [1.29, 1.82) is 0 Å². The van der Waals surface area contributed by atoms with E-state index in [0.717, 1.165) is 54.1 Å². The van der Waals surface area contributed by atoms with Crippen LogP contribution in [0.3, 0.4) is 0 Å². The SMILES string of the molecule is CCN(CC)CCNc1ccc(Nc2ccnc3cc4ccccc4cc23)cc1. The fourth-order valence-electron chi connectivity index (χ4n) is 3.67. The molecular weight excluding hydrogens is 356 g/mol. The highest BCUT2D eigenvalue weighted by atomic mass is 15.1. The molecule has 0 aliphatic heterocycles. The molecule has 1 aromatic heterocycles. The Morgan fingerprint density at radius 1 is 0.828 bits per heavy atom. The highest BCUT2D eigenvalue weighted by molar-refractivity contribution is 6.02. The Hall–Kier alpha value is -3.11. The van der Waals surface area contributed by atoms with Crippen molar-refractivity contribution < 1.29 is 0 Å². The molecule has 148 valence electrons. The molecule has 0 atom stereocenters. The summed E-state index contributed by atoms with van der Waals surface area (Å²) in [5, 5.41) is 10.6. The Labute approximate surface area is 172 Å². The molecule has 4 heteroatoms. The van der Waals surface area contributed by atoms with Gasteiger partial charge >= 0.3 is 0 Å². The lowest BCUT2D eigenvalue weighted by atomic mass is 10.1. The van der Waals surface area contributed by atoms with E-state index in [4.69, 9.17) is 0 Å². The average Bonchev–Trinajstić information content (AvgIpc) is 2.77. The number of anilines is 3. The zero-order chi connectivity index (χ0) is 20.1. The van der Waals surface area contributed by atoms with Gasteiger partial charge in [0.25, 0.3) is 0 Å². The topological polar surface area (TPSA) is 40.2 Å². The smallest absolute Gasteiger partial charge is 0.0729 e. The number of pyridine rings is 1. The molecule has 0 amide bonds. The first-order valence-corrected chi connectivity index (χ1v) is 10.4. The highest BCUT2D eigenvalue weighted by Crippen LogP contribution is 2.29. The fourth-order valence-corrected chi connectivity index (χ4v) is 3.67. The minimum Gasteiger partial charge on any atom is -0.384 e. The van der Waals surface area contributed by atoms with Crippen molar-refractivity contribution in [1.82, 2.24) is 9.88 Å². The minimum absolute atomic E-state index is 0.955. The van der Waals surface area contributed by atoms with E-state index >= 15 is 0 Å². The van der Waals surface area contributed by atoms with Crippen molar-refractivity contribution in [2.75, 3.05) is 36.8 Å². The van der Waals surface area contributed by atoms with E-state index in [1.807, 2.05) is 12.3 Å². The van der Waals surface area contributed by atoms with E-state index < -0.39 is 0 Å². The molecule has 0 saturated carbocycles. The van der Waals surface area contributed by atoms with Gasteiger partial charge in [-0.2, -0.15) is 0 Å². The van der Waals surface area contributed by atoms with Gasteiger partial charge in [-0.05, 0) is 66.3 Å². The first kappa shape index (κ1) is 19.2. The van der Waals surface area contributed by atoms with Crippen LogP contribution >= 0.6 is 0 Å².